The molecule has 0 bridgehead atoms. The van der Waals surface area contributed by atoms with Crippen molar-refractivity contribution < 1.29 is 4.74 Å². The number of hydrogen-bond acceptors (Lipinski definition) is 3. The predicted octanol–water partition coefficient (Wildman–Crippen LogP) is 4.40. The number of pyridine rings is 1. The number of hydrogen-bond donors (Lipinski definition) is 1. The van der Waals surface area contributed by atoms with Crippen LogP contribution in [0.25, 0.3) is 0 Å². The highest BCUT2D eigenvalue weighted by Crippen LogP contribution is 2.32. The van der Waals surface area contributed by atoms with Crippen LogP contribution in [0.1, 0.15) is 12.5 Å². The number of halogens is 2. The molecule has 0 atom stereocenters. The first kappa shape index (κ1) is 14.0. The molecule has 0 saturated carbocycles. The Balaban J connectivity index is 2.02. The van der Waals surface area contributed by atoms with Crippen molar-refractivity contribution in [2.45, 2.75) is 13.5 Å². The van der Waals surface area contributed by atoms with Crippen LogP contribution in [0, 0.1) is 0 Å². The molecule has 0 aliphatic heterocycles. The van der Waals surface area contributed by atoms with Gasteiger partial charge in [0.25, 0.3) is 0 Å². The molecule has 1 N–H and O–H groups in total. The van der Waals surface area contributed by atoms with Crippen LogP contribution in [-0.4, -0.2) is 11.5 Å². The molecular formula is C14H14Cl2N2O. The SMILES string of the molecule is CCNc1ccc(COc2c(Cl)cccc2Cl)cn1. The summed E-state index contributed by atoms with van der Waals surface area (Å²) in [4.78, 5) is 4.27. The Morgan fingerprint density at radius 1 is 1.16 bits per heavy atom. The van der Waals surface area contributed by atoms with E-state index in [-0.39, 0.29) is 0 Å². The van der Waals surface area contributed by atoms with Crippen molar-refractivity contribution in [2.75, 3.05) is 11.9 Å². The number of para-hydroxylation sites is 1. The average molecular weight is 297 g/mol. The molecule has 0 radical (unpaired) electrons. The Morgan fingerprint density at radius 3 is 2.47 bits per heavy atom. The number of nitrogens with one attached hydrogen (secondary N) is 1. The number of nitrogens with zero attached hydrogens (tertiary/aromatic N) is 1. The van der Waals surface area contributed by atoms with Gasteiger partial charge in [-0.05, 0) is 25.1 Å². The summed E-state index contributed by atoms with van der Waals surface area (Å²) in [5, 5.41) is 4.14. The molecule has 2 aromatic rings. The maximum absolute atomic E-state index is 6.03. The standard InChI is InChI=1S/C14H14Cl2N2O/c1-2-17-13-7-6-10(8-18-13)9-19-14-11(15)4-3-5-12(14)16/h3-8H,2,9H2,1H3,(H,17,18). The van der Waals surface area contributed by atoms with Crippen LogP contribution in [0.2, 0.25) is 10.0 Å². The molecule has 1 aromatic heterocycles. The first-order chi connectivity index (χ1) is 9.20. The van der Waals surface area contributed by atoms with E-state index in [2.05, 4.69) is 10.3 Å². The second kappa shape index (κ2) is 6.64. The quantitative estimate of drug-likeness (QED) is 0.888. The lowest BCUT2D eigenvalue weighted by molar-refractivity contribution is 0.306. The molecule has 19 heavy (non-hydrogen) atoms. The molecule has 0 amide bonds. The Morgan fingerprint density at radius 2 is 1.89 bits per heavy atom. The van der Waals surface area contributed by atoms with Crippen LogP contribution < -0.4 is 10.1 Å². The third-order valence-corrected chi connectivity index (χ3v) is 3.08. The average Bonchev–Trinajstić information content (AvgIpc) is 2.40. The lowest BCUT2D eigenvalue weighted by Crippen LogP contribution is -2.01. The zero-order chi connectivity index (χ0) is 13.7. The first-order valence-corrected chi connectivity index (χ1v) is 6.72. The fourth-order valence-corrected chi connectivity index (χ4v) is 2.08. The van der Waals surface area contributed by atoms with E-state index < -0.39 is 0 Å². The smallest absolute Gasteiger partial charge is 0.156 e. The van der Waals surface area contributed by atoms with Crippen molar-refractivity contribution in [1.82, 2.24) is 4.98 Å². The van der Waals surface area contributed by atoms with E-state index in [0.29, 0.717) is 22.4 Å². The lowest BCUT2D eigenvalue weighted by Gasteiger charge is -2.10. The third-order valence-electron chi connectivity index (χ3n) is 2.48. The number of ether oxygens (including phenoxy) is 1. The van der Waals surface area contributed by atoms with Crippen molar-refractivity contribution in [3.63, 3.8) is 0 Å². The molecule has 0 fully saturated rings. The molecule has 100 valence electrons. The Kier molecular flexibility index (Phi) is 4.88. The molecule has 0 aliphatic carbocycles. The van der Waals surface area contributed by atoms with Gasteiger partial charge < -0.3 is 10.1 Å². The largest absolute Gasteiger partial charge is 0.486 e. The van der Waals surface area contributed by atoms with Gasteiger partial charge in [0.15, 0.2) is 5.75 Å². The summed E-state index contributed by atoms with van der Waals surface area (Å²) in [6.07, 6.45) is 1.77. The third kappa shape index (κ3) is 3.75. The Labute approximate surface area is 122 Å². The predicted molar refractivity (Wildman–Crippen MR) is 79.2 cm³/mol. The normalized spacial score (nSPS) is 10.3. The fraction of sp³-hybridized carbons (Fsp3) is 0.214. The summed E-state index contributed by atoms with van der Waals surface area (Å²) < 4.78 is 5.63. The summed E-state index contributed by atoms with van der Waals surface area (Å²) >= 11 is 12.1. The highest BCUT2D eigenvalue weighted by atomic mass is 35.5. The van der Waals surface area contributed by atoms with Gasteiger partial charge in [-0.3, -0.25) is 0 Å². The maximum Gasteiger partial charge on any atom is 0.156 e. The van der Waals surface area contributed by atoms with Crippen LogP contribution in [0.5, 0.6) is 5.75 Å². The Hall–Kier alpha value is -1.45. The van der Waals surface area contributed by atoms with Gasteiger partial charge in [0.2, 0.25) is 0 Å². The van der Waals surface area contributed by atoms with Gasteiger partial charge in [0, 0.05) is 18.3 Å². The zero-order valence-corrected chi connectivity index (χ0v) is 12.0. The zero-order valence-electron chi connectivity index (χ0n) is 10.5. The summed E-state index contributed by atoms with van der Waals surface area (Å²) in [6.45, 7) is 3.25. The number of benzene rings is 1. The topological polar surface area (TPSA) is 34.1 Å². The van der Waals surface area contributed by atoms with Crippen LogP contribution in [0.15, 0.2) is 36.5 Å². The number of aromatic nitrogens is 1. The molecule has 1 heterocycles. The molecule has 2 rings (SSSR count). The monoisotopic (exact) mass is 296 g/mol. The van der Waals surface area contributed by atoms with Crippen molar-refractivity contribution in [2.24, 2.45) is 0 Å². The highest BCUT2D eigenvalue weighted by Gasteiger charge is 2.06. The van der Waals surface area contributed by atoms with Crippen LogP contribution >= 0.6 is 23.2 Å². The van der Waals surface area contributed by atoms with E-state index in [1.54, 1.807) is 24.4 Å². The summed E-state index contributed by atoms with van der Waals surface area (Å²) in [5.74, 6) is 1.35. The molecule has 0 aliphatic rings. The van der Waals surface area contributed by atoms with Gasteiger partial charge in [0.05, 0.1) is 10.0 Å². The van der Waals surface area contributed by atoms with E-state index >= 15 is 0 Å². The molecule has 0 saturated heterocycles. The summed E-state index contributed by atoms with van der Waals surface area (Å²) in [7, 11) is 0. The number of anilines is 1. The second-order valence-electron chi connectivity index (χ2n) is 3.92. The molecular weight excluding hydrogens is 283 g/mol. The van der Waals surface area contributed by atoms with Crippen molar-refractivity contribution >= 4 is 29.0 Å². The van der Waals surface area contributed by atoms with Gasteiger partial charge in [-0.1, -0.05) is 35.3 Å². The van der Waals surface area contributed by atoms with Crippen LogP contribution in [0.3, 0.4) is 0 Å². The van der Waals surface area contributed by atoms with Gasteiger partial charge in [-0.25, -0.2) is 4.98 Å². The van der Waals surface area contributed by atoms with E-state index in [0.717, 1.165) is 17.9 Å². The van der Waals surface area contributed by atoms with Crippen LogP contribution in [-0.2, 0) is 6.61 Å². The van der Waals surface area contributed by atoms with Crippen molar-refractivity contribution in [3.8, 4) is 5.75 Å². The minimum absolute atomic E-state index is 0.378. The van der Waals surface area contributed by atoms with Crippen LogP contribution in [0.4, 0.5) is 5.82 Å². The van der Waals surface area contributed by atoms with E-state index in [4.69, 9.17) is 27.9 Å². The minimum atomic E-state index is 0.378. The molecule has 0 unspecified atom stereocenters. The first-order valence-electron chi connectivity index (χ1n) is 5.96. The summed E-state index contributed by atoms with van der Waals surface area (Å²) in [6, 6.07) is 9.14. The van der Waals surface area contributed by atoms with Crippen molar-refractivity contribution in [3.05, 3.63) is 52.1 Å². The Bertz CT molecular complexity index is 523. The molecule has 1 aromatic carbocycles. The second-order valence-corrected chi connectivity index (χ2v) is 4.74. The minimum Gasteiger partial charge on any atom is -0.486 e. The van der Waals surface area contributed by atoms with Gasteiger partial charge >= 0.3 is 0 Å². The fourth-order valence-electron chi connectivity index (χ4n) is 1.57. The molecule has 5 heteroatoms. The van der Waals surface area contributed by atoms with E-state index in [9.17, 15) is 0 Å². The highest BCUT2D eigenvalue weighted by molar-refractivity contribution is 6.37. The van der Waals surface area contributed by atoms with Crippen molar-refractivity contribution in [1.29, 1.82) is 0 Å². The van der Waals surface area contributed by atoms with Gasteiger partial charge in [-0.2, -0.15) is 0 Å². The number of rotatable bonds is 5. The van der Waals surface area contributed by atoms with E-state index in [1.807, 2.05) is 19.1 Å². The van der Waals surface area contributed by atoms with Gasteiger partial charge in [0.1, 0.15) is 12.4 Å². The van der Waals surface area contributed by atoms with Gasteiger partial charge in [-0.15, -0.1) is 0 Å². The maximum atomic E-state index is 6.03. The molecule has 3 nitrogen and oxygen atoms in total. The summed E-state index contributed by atoms with van der Waals surface area (Å²) in [5.41, 5.74) is 0.956. The molecule has 0 spiro atoms. The lowest BCUT2D eigenvalue weighted by atomic mass is 10.3. The van der Waals surface area contributed by atoms with E-state index in [1.165, 1.54) is 0 Å².